The summed E-state index contributed by atoms with van der Waals surface area (Å²) < 4.78 is 0. The fourth-order valence-electron chi connectivity index (χ4n) is 2.65. The molecule has 106 valence electrons. The molecule has 3 aromatic rings. The van der Waals surface area contributed by atoms with Crippen LogP contribution >= 0.6 is 21.5 Å². The van der Waals surface area contributed by atoms with Crippen molar-refractivity contribution in [3.05, 3.63) is 96.6 Å². The normalized spacial score (nSPS) is 12.0. The third-order valence-corrected chi connectivity index (χ3v) is 10.7. The van der Waals surface area contributed by atoms with Crippen LogP contribution in [0.25, 0.3) is 0 Å². The molecule has 0 bridgehead atoms. The third-order valence-electron chi connectivity index (χ3n) is 3.75. The zero-order valence-corrected chi connectivity index (χ0v) is 14.3. The van der Waals surface area contributed by atoms with E-state index in [1.807, 2.05) is 0 Å². The Bertz CT molecular complexity index is 641. The molecule has 3 aromatic carbocycles. The molecule has 0 aliphatic rings. The molecule has 0 N–H and O–H groups in total. The number of benzene rings is 3. The van der Waals surface area contributed by atoms with Gasteiger partial charge in [-0.25, -0.2) is 0 Å². The minimum atomic E-state index is -1.93. The van der Waals surface area contributed by atoms with Crippen molar-refractivity contribution in [3.8, 4) is 0 Å². The summed E-state index contributed by atoms with van der Waals surface area (Å²) in [5.74, 6) is -1.93. The first-order valence-corrected chi connectivity index (χ1v) is 11.6. The van der Waals surface area contributed by atoms with E-state index in [2.05, 4.69) is 106 Å². The van der Waals surface area contributed by atoms with Crippen molar-refractivity contribution in [1.82, 2.24) is 0 Å². The van der Waals surface area contributed by atoms with Crippen LogP contribution in [0.5, 0.6) is 0 Å². The van der Waals surface area contributed by atoms with Crippen molar-refractivity contribution in [3.63, 3.8) is 0 Å². The third kappa shape index (κ3) is 3.26. The van der Waals surface area contributed by atoms with Gasteiger partial charge in [-0.1, -0.05) is 0 Å². The second-order valence-electron chi connectivity index (χ2n) is 5.20. The van der Waals surface area contributed by atoms with Crippen LogP contribution in [0.4, 0.5) is 0 Å². The first kappa shape index (κ1) is 14.5. The van der Waals surface area contributed by atoms with Crippen LogP contribution in [0.15, 0.2) is 91.0 Å². The van der Waals surface area contributed by atoms with E-state index >= 15 is 0 Å². The molecule has 0 aliphatic heterocycles. The Morgan fingerprint density at radius 1 is 0.571 bits per heavy atom. The molecule has 3 rings (SSSR count). The summed E-state index contributed by atoms with van der Waals surface area (Å²) in [6, 6.07) is 32.4. The first-order chi connectivity index (χ1) is 10.3. The summed E-state index contributed by atoms with van der Waals surface area (Å²) in [6.45, 7) is 0. The summed E-state index contributed by atoms with van der Waals surface area (Å²) >= 11 is 4.18. The molecule has 0 fully saturated rings. The van der Waals surface area contributed by atoms with E-state index in [0.29, 0.717) is 0 Å². The summed E-state index contributed by atoms with van der Waals surface area (Å²) in [5, 5.41) is 2.83. The predicted molar refractivity (Wildman–Crippen MR) is 99.5 cm³/mol. The molecule has 0 atom stereocenters. The topological polar surface area (TPSA) is 0 Å². The van der Waals surface area contributed by atoms with Crippen LogP contribution in [-0.4, -0.2) is 0 Å². The fourth-order valence-corrected chi connectivity index (χ4v) is 8.19. The van der Waals surface area contributed by atoms with E-state index in [1.54, 1.807) is 0 Å². The van der Waals surface area contributed by atoms with Crippen LogP contribution in [0.1, 0.15) is 5.56 Å². The van der Waals surface area contributed by atoms with Gasteiger partial charge in [0.1, 0.15) is 0 Å². The van der Waals surface area contributed by atoms with Crippen LogP contribution in [-0.2, 0) is 6.16 Å². The summed E-state index contributed by atoms with van der Waals surface area (Å²) in [7, 11) is 0. The molecule has 2 heteroatoms. The number of rotatable bonds is 4. The van der Waals surface area contributed by atoms with Crippen molar-refractivity contribution in [2.75, 3.05) is 0 Å². The zero-order valence-electron chi connectivity index (χ0n) is 11.7. The van der Waals surface area contributed by atoms with E-state index in [1.165, 1.54) is 16.2 Å². The minimum absolute atomic E-state index is 1.06. The molecule has 0 aromatic heterocycles. The SMILES string of the molecule is Br[PH](Cc1ccccc1)(c1ccccc1)c1ccccc1. The van der Waals surface area contributed by atoms with Gasteiger partial charge in [-0.05, 0) is 0 Å². The zero-order chi connectivity index (χ0) is 14.5. The molecule has 0 aliphatic carbocycles. The maximum absolute atomic E-state index is 4.18. The van der Waals surface area contributed by atoms with Crippen LogP contribution in [0, 0.1) is 0 Å². The Balaban J connectivity index is 2.07. The predicted octanol–water partition coefficient (Wildman–Crippen LogP) is 4.90. The molecule has 0 unspecified atom stereocenters. The average Bonchev–Trinajstić information content (AvgIpc) is 2.57. The molecular formula is C19H18BrP. The molecule has 0 nitrogen and oxygen atoms in total. The summed E-state index contributed by atoms with van der Waals surface area (Å²) in [5.41, 5.74) is 1.38. The second kappa shape index (κ2) is 6.56. The van der Waals surface area contributed by atoms with Gasteiger partial charge in [0.25, 0.3) is 0 Å². The van der Waals surface area contributed by atoms with Gasteiger partial charge in [-0.3, -0.25) is 0 Å². The van der Waals surface area contributed by atoms with Crippen molar-refractivity contribution < 1.29 is 0 Å². The van der Waals surface area contributed by atoms with Gasteiger partial charge in [0.05, 0.1) is 0 Å². The second-order valence-corrected chi connectivity index (χ2v) is 12.4. The standard InChI is InChI=1S/C19H18BrP/c20-21(18-12-6-2-7-13-18,19-14-8-3-9-15-19)16-17-10-4-1-5-11-17/h1-15,21H,16H2. The van der Waals surface area contributed by atoms with Gasteiger partial charge in [0, 0.05) is 0 Å². The van der Waals surface area contributed by atoms with Crippen LogP contribution in [0.2, 0.25) is 0 Å². The van der Waals surface area contributed by atoms with Crippen LogP contribution < -0.4 is 10.6 Å². The molecule has 21 heavy (non-hydrogen) atoms. The van der Waals surface area contributed by atoms with Gasteiger partial charge in [0.2, 0.25) is 0 Å². The average molecular weight is 357 g/mol. The van der Waals surface area contributed by atoms with Crippen molar-refractivity contribution in [2.24, 2.45) is 0 Å². The monoisotopic (exact) mass is 356 g/mol. The Labute approximate surface area is 134 Å². The molecular weight excluding hydrogens is 339 g/mol. The molecule has 0 heterocycles. The van der Waals surface area contributed by atoms with E-state index in [0.717, 1.165) is 6.16 Å². The van der Waals surface area contributed by atoms with Crippen molar-refractivity contribution in [2.45, 2.75) is 6.16 Å². The Morgan fingerprint density at radius 2 is 0.952 bits per heavy atom. The summed E-state index contributed by atoms with van der Waals surface area (Å²) in [6.07, 6.45) is 1.06. The van der Waals surface area contributed by atoms with Crippen molar-refractivity contribution in [1.29, 1.82) is 0 Å². The van der Waals surface area contributed by atoms with Gasteiger partial charge >= 0.3 is 135 Å². The Hall–Kier alpha value is -1.43. The molecule has 0 saturated carbocycles. The van der Waals surface area contributed by atoms with Crippen LogP contribution in [0.3, 0.4) is 0 Å². The summed E-state index contributed by atoms with van der Waals surface area (Å²) in [4.78, 5) is 0. The number of hydrogen-bond acceptors (Lipinski definition) is 0. The fraction of sp³-hybridized carbons (Fsp3) is 0.0526. The van der Waals surface area contributed by atoms with Gasteiger partial charge in [-0.2, -0.15) is 0 Å². The van der Waals surface area contributed by atoms with Gasteiger partial charge in [-0.15, -0.1) is 0 Å². The van der Waals surface area contributed by atoms with E-state index < -0.39 is 5.96 Å². The quantitative estimate of drug-likeness (QED) is 0.583. The molecule has 0 spiro atoms. The molecule has 0 amide bonds. The van der Waals surface area contributed by atoms with Crippen molar-refractivity contribution >= 4 is 32.1 Å². The van der Waals surface area contributed by atoms with E-state index in [4.69, 9.17) is 0 Å². The van der Waals surface area contributed by atoms with Gasteiger partial charge in [0.15, 0.2) is 0 Å². The molecule has 0 saturated heterocycles. The first-order valence-electron chi connectivity index (χ1n) is 7.13. The van der Waals surface area contributed by atoms with E-state index in [9.17, 15) is 0 Å². The number of halogens is 1. The molecule has 0 radical (unpaired) electrons. The Morgan fingerprint density at radius 3 is 1.38 bits per heavy atom. The Kier molecular flexibility index (Phi) is 4.53. The maximum atomic E-state index is 4.18. The number of hydrogen-bond donors (Lipinski definition) is 0. The van der Waals surface area contributed by atoms with Gasteiger partial charge < -0.3 is 0 Å². The van der Waals surface area contributed by atoms with E-state index in [-0.39, 0.29) is 0 Å².